The molecule has 1 aromatic carbocycles. The minimum atomic E-state index is -1.26. The number of carbonyl (C=O) groups excluding carboxylic acids is 1. The van der Waals surface area contributed by atoms with Crippen molar-refractivity contribution < 1.29 is 14.7 Å². The Hall–Kier alpha value is -1.46. The second-order valence-electron chi connectivity index (χ2n) is 2.79. The Morgan fingerprint density at radius 3 is 2.31 bits per heavy atom. The summed E-state index contributed by atoms with van der Waals surface area (Å²) in [6.45, 7) is 0. The number of hydrogen-bond acceptors (Lipinski definition) is 2. The van der Waals surface area contributed by atoms with Gasteiger partial charge in [-0.15, -0.1) is 0 Å². The molecule has 86 valence electrons. The molecule has 5 nitrogen and oxygen atoms in total. The lowest BCUT2D eigenvalue weighted by molar-refractivity contribution is 0.0698. The third-order valence-electron chi connectivity index (χ3n) is 1.78. The molecule has 0 spiro atoms. The van der Waals surface area contributed by atoms with Crippen LogP contribution in [0.2, 0.25) is 10.0 Å². The van der Waals surface area contributed by atoms with E-state index in [0.717, 1.165) is 0 Å². The standard InChI is InChI=1S/C9H8Cl2N2O3/c1-12-9(16)13-7-5(11)3-2-4(10)6(7)8(14)15/h2-3H,1H3,(H,14,15)(H2,12,13,16). The Morgan fingerprint density at radius 1 is 1.25 bits per heavy atom. The van der Waals surface area contributed by atoms with E-state index in [-0.39, 0.29) is 21.3 Å². The van der Waals surface area contributed by atoms with E-state index in [1.54, 1.807) is 0 Å². The summed E-state index contributed by atoms with van der Waals surface area (Å²) in [5.41, 5.74) is -0.265. The van der Waals surface area contributed by atoms with Crippen LogP contribution in [0.15, 0.2) is 12.1 Å². The summed E-state index contributed by atoms with van der Waals surface area (Å²) < 4.78 is 0. The van der Waals surface area contributed by atoms with E-state index in [9.17, 15) is 9.59 Å². The van der Waals surface area contributed by atoms with Gasteiger partial charge in [0, 0.05) is 7.05 Å². The zero-order valence-electron chi connectivity index (χ0n) is 8.17. The van der Waals surface area contributed by atoms with Gasteiger partial charge in [-0.1, -0.05) is 23.2 Å². The van der Waals surface area contributed by atoms with E-state index in [4.69, 9.17) is 28.3 Å². The van der Waals surface area contributed by atoms with E-state index in [2.05, 4.69) is 10.6 Å². The number of carboxylic acids is 1. The molecule has 0 heterocycles. The molecule has 0 bridgehead atoms. The predicted octanol–water partition coefficient (Wildman–Crippen LogP) is 2.44. The van der Waals surface area contributed by atoms with Gasteiger partial charge in [0.25, 0.3) is 0 Å². The number of anilines is 1. The number of carboxylic acid groups (broad SMARTS) is 1. The van der Waals surface area contributed by atoms with Crippen molar-refractivity contribution in [2.45, 2.75) is 0 Å². The highest BCUT2D eigenvalue weighted by molar-refractivity contribution is 6.38. The number of aromatic carboxylic acids is 1. The van der Waals surface area contributed by atoms with Crippen molar-refractivity contribution in [3.8, 4) is 0 Å². The fourth-order valence-electron chi connectivity index (χ4n) is 1.06. The van der Waals surface area contributed by atoms with Gasteiger partial charge < -0.3 is 15.7 Å². The van der Waals surface area contributed by atoms with Gasteiger partial charge in [-0.2, -0.15) is 0 Å². The first kappa shape index (κ1) is 12.6. The molecular formula is C9H8Cl2N2O3. The Labute approximate surface area is 101 Å². The Morgan fingerprint density at radius 2 is 1.81 bits per heavy atom. The zero-order chi connectivity index (χ0) is 12.3. The van der Waals surface area contributed by atoms with E-state index in [1.807, 2.05) is 0 Å². The predicted molar refractivity (Wildman–Crippen MR) is 61.5 cm³/mol. The molecule has 2 amide bonds. The molecular weight excluding hydrogens is 255 g/mol. The third-order valence-corrected chi connectivity index (χ3v) is 2.41. The van der Waals surface area contributed by atoms with Crippen molar-refractivity contribution in [2.24, 2.45) is 0 Å². The molecule has 7 heteroatoms. The molecule has 0 saturated heterocycles. The van der Waals surface area contributed by atoms with Crippen LogP contribution in [0.25, 0.3) is 0 Å². The lowest BCUT2D eigenvalue weighted by atomic mass is 10.2. The number of benzene rings is 1. The summed E-state index contributed by atoms with van der Waals surface area (Å²) in [6.07, 6.45) is 0. The van der Waals surface area contributed by atoms with Crippen LogP contribution in [0.3, 0.4) is 0 Å². The summed E-state index contributed by atoms with van der Waals surface area (Å²) in [6, 6.07) is 2.18. The van der Waals surface area contributed by atoms with Crippen molar-refractivity contribution in [1.82, 2.24) is 5.32 Å². The molecule has 0 fully saturated rings. The SMILES string of the molecule is CNC(=O)Nc1c(Cl)ccc(Cl)c1C(=O)O. The van der Waals surface area contributed by atoms with Crippen molar-refractivity contribution in [3.63, 3.8) is 0 Å². The quantitative estimate of drug-likeness (QED) is 0.766. The first-order chi connectivity index (χ1) is 7.47. The number of nitrogens with one attached hydrogen (secondary N) is 2. The minimum Gasteiger partial charge on any atom is -0.478 e. The summed E-state index contributed by atoms with van der Waals surface area (Å²) >= 11 is 11.5. The monoisotopic (exact) mass is 262 g/mol. The number of carbonyl (C=O) groups is 2. The average Bonchev–Trinajstić information content (AvgIpc) is 2.22. The minimum absolute atomic E-state index is 0.00306. The number of amides is 2. The van der Waals surface area contributed by atoms with Gasteiger partial charge in [-0.05, 0) is 12.1 Å². The smallest absolute Gasteiger partial charge is 0.339 e. The molecule has 0 unspecified atom stereocenters. The van der Waals surface area contributed by atoms with Gasteiger partial charge in [0.1, 0.15) is 5.56 Å². The van der Waals surface area contributed by atoms with Crippen LogP contribution in [0.1, 0.15) is 10.4 Å². The Balaban J connectivity index is 3.28. The molecule has 16 heavy (non-hydrogen) atoms. The lowest BCUT2D eigenvalue weighted by Gasteiger charge is -2.11. The van der Waals surface area contributed by atoms with Gasteiger partial charge >= 0.3 is 12.0 Å². The molecule has 1 rings (SSSR count). The van der Waals surface area contributed by atoms with Gasteiger partial charge in [0.05, 0.1) is 15.7 Å². The molecule has 0 aliphatic carbocycles. The van der Waals surface area contributed by atoms with Crippen molar-refractivity contribution >= 4 is 40.9 Å². The molecule has 3 N–H and O–H groups in total. The highest BCUT2D eigenvalue weighted by Crippen LogP contribution is 2.31. The molecule has 0 radical (unpaired) electrons. The van der Waals surface area contributed by atoms with Crippen molar-refractivity contribution in [1.29, 1.82) is 0 Å². The maximum Gasteiger partial charge on any atom is 0.339 e. The van der Waals surface area contributed by atoms with Crippen molar-refractivity contribution in [3.05, 3.63) is 27.7 Å². The van der Waals surface area contributed by atoms with Gasteiger partial charge in [-0.3, -0.25) is 0 Å². The third kappa shape index (κ3) is 2.56. The van der Waals surface area contributed by atoms with Gasteiger partial charge in [-0.25, -0.2) is 9.59 Å². The van der Waals surface area contributed by atoms with Crippen molar-refractivity contribution in [2.75, 3.05) is 12.4 Å². The van der Waals surface area contributed by atoms with Crippen LogP contribution in [0.4, 0.5) is 10.5 Å². The van der Waals surface area contributed by atoms with E-state index >= 15 is 0 Å². The van der Waals surface area contributed by atoms with Crippen LogP contribution in [-0.4, -0.2) is 24.2 Å². The number of urea groups is 1. The molecule has 1 aromatic rings. The highest BCUT2D eigenvalue weighted by Gasteiger charge is 2.19. The zero-order valence-corrected chi connectivity index (χ0v) is 9.69. The van der Waals surface area contributed by atoms with Gasteiger partial charge in [0.2, 0.25) is 0 Å². The van der Waals surface area contributed by atoms with Crippen LogP contribution in [-0.2, 0) is 0 Å². The fraction of sp³-hybridized carbons (Fsp3) is 0.111. The molecule has 0 saturated carbocycles. The molecule has 0 aliphatic rings. The van der Waals surface area contributed by atoms with Gasteiger partial charge in [0.15, 0.2) is 0 Å². The second kappa shape index (κ2) is 5.05. The number of halogens is 2. The average molecular weight is 263 g/mol. The summed E-state index contributed by atoms with van der Waals surface area (Å²) in [5.74, 6) is -1.26. The maximum absolute atomic E-state index is 11.1. The molecule has 0 aliphatic heterocycles. The Kier molecular flexibility index (Phi) is 3.98. The largest absolute Gasteiger partial charge is 0.478 e. The molecule has 0 aromatic heterocycles. The van der Waals surface area contributed by atoms with E-state index < -0.39 is 12.0 Å². The van der Waals surface area contributed by atoms with E-state index in [0.29, 0.717) is 0 Å². The van der Waals surface area contributed by atoms with E-state index in [1.165, 1.54) is 19.2 Å². The van der Waals surface area contributed by atoms with Crippen LogP contribution in [0, 0.1) is 0 Å². The Bertz CT molecular complexity index is 449. The normalized spacial score (nSPS) is 9.69. The first-order valence-electron chi connectivity index (χ1n) is 4.17. The van der Waals surface area contributed by atoms with Crippen LogP contribution >= 0.6 is 23.2 Å². The lowest BCUT2D eigenvalue weighted by Crippen LogP contribution is -2.25. The van der Waals surface area contributed by atoms with Crippen LogP contribution < -0.4 is 10.6 Å². The fourth-order valence-corrected chi connectivity index (χ4v) is 1.50. The number of hydrogen-bond donors (Lipinski definition) is 3. The van der Waals surface area contributed by atoms with Crippen LogP contribution in [0.5, 0.6) is 0 Å². The second-order valence-corrected chi connectivity index (χ2v) is 3.60. The topological polar surface area (TPSA) is 78.4 Å². The number of rotatable bonds is 2. The first-order valence-corrected chi connectivity index (χ1v) is 4.93. The summed E-state index contributed by atoms with van der Waals surface area (Å²) in [5, 5.41) is 13.6. The highest BCUT2D eigenvalue weighted by atomic mass is 35.5. The molecule has 0 atom stereocenters. The maximum atomic E-state index is 11.1. The summed E-state index contributed by atoms with van der Waals surface area (Å²) in [4.78, 5) is 22.1. The summed E-state index contributed by atoms with van der Waals surface area (Å²) in [7, 11) is 1.40.